The zero-order valence-corrected chi connectivity index (χ0v) is 8.37. The highest BCUT2D eigenvalue weighted by molar-refractivity contribution is 5.45. The third-order valence-corrected chi connectivity index (χ3v) is 2.04. The number of hydrogen-bond donors (Lipinski definition) is 3. The minimum Gasteiger partial charge on any atom is -0.396 e. The van der Waals surface area contributed by atoms with Crippen LogP contribution >= 0.6 is 0 Å². The van der Waals surface area contributed by atoms with Gasteiger partial charge in [-0.25, -0.2) is 0 Å². The second-order valence-electron chi connectivity index (χ2n) is 3.24. The molecule has 1 aromatic carbocycles. The van der Waals surface area contributed by atoms with Crippen molar-refractivity contribution < 1.29 is 5.11 Å². The molecule has 0 saturated carbocycles. The first-order chi connectivity index (χ1) is 6.86. The van der Waals surface area contributed by atoms with Gasteiger partial charge in [0.05, 0.1) is 0 Å². The van der Waals surface area contributed by atoms with Crippen molar-refractivity contribution in [3.05, 3.63) is 29.8 Å². The maximum Gasteiger partial charge on any atom is 0.0471 e. The van der Waals surface area contributed by atoms with Gasteiger partial charge in [0.25, 0.3) is 0 Å². The van der Waals surface area contributed by atoms with Gasteiger partial charge in [-0.1, -0.05) is 12.1 Å². The summed E-state index contributed by atoms with van der Waals surface area (Å²) in [6.07, 6.45) is 1.69. The number of anilines is 1. The van der Waals surface area contributed by atoms with Crippen LogP contribution in [0.5, 0.6) is 0 Å². The second kappa shape index (κ2) is 6.40. The highest BCUT2D eigenvalue weighted by Gasteiger charge is 1.94. The van der Waals surface area contributed by atoms with Crippen molar-refractivity contribution in [2.75, 3.05) is 25.0 Å². The van der Waals surface area contributed by atoms with Crippen molar-refractivity contribution in [3.63, 3.8) is 0 Å². The number of nitrogens with two attached hydrogens (primary N) is 1. The maximum absolute atomic E-state index is 8.79. The first-order valence-electron chi connectivity index (χ1n) is 5.00. The molecule has 0 bridgehead atoms. The Kier molecular flexibility index (Phi) is 5.04. The van der Waals surface area contributed by atoms with Crippen LogP contribution in [0.4, 0.5) is 5.69 Å². The van der Waals surface area contributed by atoms with Gasteiger partial charge < -0.3 is 16.2 Å². The predicted molar refractivity (Wildman–Crippen MR) is 59.4 cm³/mol. The van der Waals surface area contributed by atoms with Crippen LogP contribution in [0.1, 0.15) is 12.0 Å². The van der Waals surface area contributed by atoms with Crippen LogP contribution in [-0.4, -0.2) is 24.8 Å². The van der Waals surface area contributed by atoms with Crippen molar-refractivity contribution in [1.82, 2.24) is 0 Å². The van der Waals surface area contributed by atoms with Gasteiger partial charge in [-0.3, -0.25) is 0 Å². The summed E-state index contributed by atoms with van der Waals surface area (Å²) in [7, 11) is 0. The summed E-state index contributed by atoms with van der Waals surface area (Å²) < 4.78 is 0. The molecule has 0 amide bonds. The number of hydrogen-bond acceptors (Lipinski definition) is 3. The Hall–Kier alpha value is -1.06. The molecule has 0 spiro atoms. The summed E-state index contributed by atoms with van der Waals surface area (Å²) >= 11 is 0. The molecule has 4 N–H and O–H groups in total. The molecule has 0 aliphatic heterocycles. The fraction of sp³-hybridized carbons (Fsp3) is 0.455. The van der Waals surface area contributed by atoms with E-state index in [2.05, 4.69) is 11.4 Å². The first-order valence-corrected chi connectivity index (χ1v) is 5.00. The Balaban J connectivity index is 2.46. The van der Waals surface area contributed by atoms with Gasteiger partial charge in [0, 0.05) is 18.8 Å². The van der Waals surface area contributed by atoms with Crippen LogP contribution in [0.2, 0.25) is 0 Å². The second-order valence-corrected chi connectivity index (χ2v) is 3.24. The highest BCUT2D eigenvalue weighted by Crippen LogP contribution is 2.10. The van der Waals surface area contributed by atoms with E-state index >= 15 is 0 Å². The standard InChI is InChI=1S/C11H18N2O/c12-6-2-7-13-11-4-1-3-10(9-11)5-8-14/h1,3-4,9,13-14H,2,5-8,12H2. The summed E-state index contributed by atoms with van der Waals surface area (Å²) in [5.74, 6) is 0. The van der Waals surface area contributed by atoms with Crippen molar-refractivity contribution >= 4 is 5.69 Å². The summed E-state index contributed by atoms with van der Waals surface area (Å²) in [4.78, 5) is 0. The molecule has 0 aliphatic carbocycles. The van der Waals surface area contributed by atoms with Crippen molar-refractivity contribution in [1.29, 1.82) is 0 Å². The molecule has 3 heteroatoms. The Morgan fingerprint density at radius 2 is 2.21 bits per heavy atom. The van der Waals surface area contributed by atoms with E-state index in [0.29, 0.717) is 13.0 Å². The Labute approximate surface area is 84.9 Å². The molecule has 0 fully saturated rings. The zero-order chi connectivity index (χ0) is 10.2. The number of aliphatic hydroxyl groups is 1. The summed E-state index contributed by atoms with van der Waals surface area (Å²) in [6.45, 7) is 1.81. The van der Waals surface area contributed by atoms with E-state index < -0.39 is 0 Å². The Bertz CT molecular complexity index is 263. The molecule has 0 unspecified atom stereocenters. The number of benzene rings is 1. The molecule has 14 heavy (non-hydrogen) atoms. The highest BCUT2D eigenvalue weighted by atomic mass is 16.2. The van der Waals surface area contributed by atoms with Crippen LogP contribution in [0.3, 0.4) is 0 Å². The normalized spacial score (nSPS) is 10.1. The fourth-order valence-electron chi connectivity index (χ4n) is 1.30. The lowest BCUT2D eigenvalue weighted by molar-refractivity contribution is 0.299. The quantitative estimate of drug-likeness (QED) is 0.592. The molecule has 78 valence electrons. The smallest absolute Gasteiger partial charge is 0.0471 e. The molecule has 1 rings (SSSR count). The average Bonchev–Trinajstić information content (AvgIpc) is 2.19. The largest absolute Gasteiger partial charge is 0.396 e. The average molecular weight is 194 g/mol. The van der Waals surface area contributed by atoms with Gasteiger partial charge in [-0.2, -0.15) is 0 Å². The molecule has 0 aromatic heterocycles. The maximum atomic E-state index is 8.79. The lowest BCUT2D eigenvalue weighted by Gasteiger charge is -2.06. The van der Waals surface area contributed by atoms with Gasteiger partial charge in [-0.15, -0.1) is 0 Å². The summed E-state index contributed by atoms with van der Waals surface area (Å²) in [6, 6.07) is 8.10. The minimum absolute atomic E-state index is 0.201. The van der Waals surface area contributed by atoms with Crippen molar-refractivity contribution in [2.45, 2.75) is 12.8 Å². The van der Waals surface area contributed by atoms with Gasteiger partial charge in [0.2, 0.25) is 0 Å². The van der Waals surface area contributed by atoms with Gasteiger partial charge in [-0.05, 0) is 37.1 Å². The third-order valence-electron chi connectivity index (χ3n) is 2.04. The van der Waals surface area contributed by atoms with Gasteiger partial charge in [0.15, 0.2) is 0 Å². The first kappa shape index (κ1) is 11.0. The van der Waals surface area contributed by atoms with E-state index in [1.165, 1.54) is 0 Å². The number of aliphatic hydroxyl groups excluding tert-OH is 1. The van der Waals surface area contributed by atoms with Crippen LogP contribution in [-0.2, 0) is 6.42 Å². The predicted octanol–water partition coefficient (Wildman–Crippen LogP) is 0.982. The van der Waals surface area contributed by atoms with Gasteiger partial charge >= 0.3 is 0 Å². The van der Waals surface area contributed by atoms with E-state index in [-0.39, 0.29) is 6.61 Å². The molecule has 0 heterocycles. The number of nitrogens with one attached hydrogen (secondary N) is 1. The molecule has 0 saturated heterocycles. The molecule has 3 nitrogen and oxygen atoms in total. The van der Waals surface area contributed by atoms with E-state index in [0.717, 1.165) is 24.2 Å². The topological polar surface area (TPSA) is 58.3 Å². The molecule has 0 atom stereocenters. The molecule has 1 aromatic rings. The van der Waals surface area contributed by atoms with Crippen molar-refractivity contribution in [2.24, 2.45) is 5.73 Å². The van der Waals surface area contributed by atoms with Crippen LogP contribution < -0.4 is 11.1 Å². The summed E-state index contributed by atoms with van der Waals surface area (Å²) in [5.41, 5.74) is 7.66. The molecular weight excluding hydrogens is 176 g/mol. The molecular formula is C11H18N2O. The van der Waals surface area contributed by atoms with E-state index in [1.807, 2.05) is 18.2 Å². The van der Waals surface area contributed by atoms with Crippen LogP contribution in [0.25, 0.3) is 0 Å². The van der Waals surface area contributed by atoms with Crippen molar-refractivity contribution in [3.8, 4) is 0 Å². The summed E-state index contributed by atoms with van der Waals surface area (Å²) in [5, 5.41) is 12.1. The lowest BCUT2D eigenvalue weighted by Crippen LogP contribution is -2.08. The zero-order valence-electron chi connectivity index (χ0n) is 8.37. The minimum atomic E-state index is 0.201. The Morgan fingerprint density at radius 1 is 1.36 bits per heavy atom. The lowest BCUT2D eigenvalue weighted by atomic mass is 10.1. The van der Waals surface area contributed by atoms with Crippen LogP contribution in [0, 0.1) is 0 Å². The third kappa shape index (κ3) is 3.77. The van der Waals surface area contributed by atoms with E-state index in [1.54, 1.807) is 0 Å². The fourth-order valence-corrected chi connectivity index (χ4v) is 1.30. The van der Waals surface area contributed by atoms with Crippen LogP contribution in [0.15, 0.2) is 24.3 Å². The molecule has 0 aliphatic rings. The number of rotatable bonds is 6. The SMILES string of the molecule is NCCCNc1cccc(CCO)c1. The monoisotopic (exact) mass is 194 g/mol. The Morgan fingerprint density at radius 3 is 2.93 bits per heavy atom. The van der Waals surface area contributed by atoms with E-state index in [9.17, 15) is 0 Å². The van der Waals surface area contributed by atoms with E-state index in [4.69, 9.17) is 10.8 Å². The van der Waals surface area contributed by atoms with Gasteiger partial charge in [0.1, 0.15) is 0 Å². The molecule has 0 radical (unpaired) electrons.